The van der Waals surface area contributed by atoms with E-state index in [9.17, 15) is 9.59 Å². The molecule has 3 aromatic rings. The van der Waals surface area contributed by atoms with Crippen molar-refractivity contribution in [2.45, 2.75) is 50.9 Å². The summed E-state index contributed by atoms with van der Waals surface area (Å²) in [5.74, 6) is 0.616. The van der Waals surface area contributed by atoms with Crippen molar-refractivity contribution in [2.24, 2.45) is 5.92 Å². The number of aromatic amines is 1. The Labute approximate surface area is 203 Å². The summed E-state index contributed by atoms with van der Waals surface area (Å²) in [4.78, 5) is 39.8. The monoisotopic (exact) mass is 484 g/mol. The maximum Gasteiger partial charge on any atom is 0.260 e. The van der Waals surface area contributed by atoms with Crippen molar-refractivity contribution in [3.63, 3.8) is 0 Å². The van der Waals surface area contributed by atoms with Crippen LogP contribution in [0.2, 0.25) is 0 Å². The fraction of sp³-hybridized carbons (Fsp3) is 0.480. The van der Waals surface area contributed by atoms with E-state index in [0.29, 0.717) is 24.2 Å². The molecule has 1 fully saturated rings. The summed E-state index contributed by atoms with van der Waals surface area (Å²) >= 11 is 2.92. The Kier molecular flexibility index (Phi) is 7.44. The van der Waals surface area contributed by atoms with Gasteiger partial charge < -0.3 is 14.8 Å². The zero-order valence-corrected chi connectivity index (χ0v) is 21.4. The van der Waals surface area contributed by atoms with Crippen LogP contribution in [0.25, 0.3) is 10.2 Å². The van der Waals surface area contributed by atoms with E-state index in [-0.39, 0.29) is 16.7 Å². The van der Waals surface area contributed by atoms with Gasteiger partial charge in [0, 0.05) is 36.7 Å². The molecular weight excluding hydrogens is 452 g/mol. The molecular formula is C25H32N4O2S2. The number of piperazine rings is 1. The number of thioether (sulfide) groups is 1. The number of aromatic nitrogens is 2. The number of nitrogens with zero attached hydrogens (tertiary/aromatic N) is 3. The standard InChI is InChI=1S/C25H32N4O2S2/c1-5-16(2)15-20-17(3)32-23-21(20)22(30)26-25(27-23)33-18(4)24(31)29-13-11-28(12-14-29)19-9-7-6-8-10-19/h6-10,16,18H,5,11-15H2,1-4H3,(H,26,27,30). The molecule has 0 aliphatic carbocycles. The number of nitrogens with one attached hydrogen (secondary N) is 1. The number of carbonyl (C=O) groups is 1. The predicted octanol–water partition coefficient (Wildman–Crippen LogP) is 4.71. The minimum Gasteiger partial charge on any atom is -0.368 e. The van der Waals surface area contributed by atoms with Crippen LogP contribution in [0.4, 0.5) is 5.69 Å². The van der Waals surface area contributed by atoms with E-state index in [1.54, 1.807) is 11.3 Å². The number of H-pyrrole nitrogens is 1. The summed E-state index contributed by atoms with van der Waals surface area (Å²) < 4.78 is 0. The van der Waals surface area contributed by atoms with Crippen LogP contribution < -0.4 is 10.5 Å². The van der Waals surface area contributed by atoms with Gasteiger partial charge in [0.25, 0.3) is 5.56 Å². The van der Waals surface area contributed by atoms with Crippen LogP contribution in [-0.4, -0.2) is 52.2 Å². The van der Waals surface area contributed by atoms with E-state index in [1.165, 1.54) is 17.4 Å². The molecule has 1 saturated heterocycles. The average Bonchev–Trinajstić information content (AvgIpc) is 3.14. The fourth-order valence-corrected chi connectivity index (χ4v) is 6.24. The van der Waals surface area contributed by atoms with Crippen molar-refractivity contribution in [1.82, 2.24) is 14.9 Å². The third-order valence-corrected chi connectivity index (χ3v) is 8.45. The Morgan fingerprint density at radius 1 is 1.18 bits per heavy atom. The van der Waals surface area contributed by atoms with Gasteiger partial charge in [-0.3, -0.25) is 9.59 Å². The number of rotatable bonds is 7. The van der Waals surface area contributed by atoms with Gasteiger partial charge in [-0.15, -0.1) is 11.3 Å². The van der Waals surface area contributed by atoms with Gasteiger partial charge in [0.2, 0.25) is 5.91 Å². The van der Waals surface area contributed by atoms with Gasteiger partial charge in [0.15, 0.2) is 5.16 Å². The first-order valence-corrected chi connectivity index (χ1v) is 13.3. The molecule has 0 bridgehead atoms. The highest BCUT2D eigenvalue weighted by Gasteiger charge is 2.27. The van der Waals surface area contributed by atoms with Gasteiger partial charge in [-0.1, -0.05) is 50.2 Å². The lowest BCUT2D eigenvalue weighted by molar-refractivity contribution is -0.130. The Balaban J connectivity index is 1.43. The number of fused-ring (bicyclic) bond motifs is 1. The average molecular weight is 485 g/mol. The molecule has 6 nitrogen and oxygen atoms in total. The molecule has 1 aromatic carbocycles. The number of anilines is 1. The van der Waals surface area contributed by atoms with Crippen LogP contribution in [0.1, 0.15) is 37.6 Å². The first-order chi connectivity index (χ1) is 15.9. The number of thiophene rings is 1. The Morgan fingerprint density at radius 2 is 1.88 bits per heavy atom. The lowest BCUT2D eigenvalue weighted by atomic mass is 9.98. The number of amides is 1. The van der Waals surface area contributed by atoms with Crippen LogP contribution in [0.5, 0.6) is 0 Å². The third-order valence-electron chi connectivity index (χ3n) is 6.44. The van der Waals surface area contributed by atoms with E-state index in [4.69, 9.17) is 4.98 Å². The molecule has 33 heavy (non-hydrogen) atoms. The van der Waals surface area contributed by atoms with Crippen LogP contribution in [0.15, 0.2) is 40.3 Å². The number of aryl methyl sites for hydroxylation is 1. The number of hydrogen-bond donors (Lipinski definition) is 1. The van der Waals surface area contributed by atoms with Gasteiger partial charge in [-0.05, 0) is 43.9 Å². The predicted molar refractivity (Wildman–Crippen MR) is 139 cm³/mol. The highest BCUT2D eigenvalue weighted by atomic mass is 32.2. The molecule has 1 N–H and O–H groups in total. The SMILES string of the molecule is CCC(C)Cc1c(C)sc2nc(SC(C)C(=O)N3CCN(c4ccccc4)CC3)[nH]c(=O)c12. The smallest absolute Gasteiger partial charge is 0.260 e. The minimum absolute atomic E-state index is 0.0928. The molecule has 0 spiro atoms. The van der Waals surface area contributed by atoms with E-state index < -0.39 is 0 Å². The van der Waals surface area contributed by atoms with Gasteiger partial charge in [-0.2, -0.15) is 0 Å². The molecule has 0 radical (unpaired) electrons. The summed E-state index contributed by atoms with van der Waals surface area (Å²) in [6, 6.07) is 10.3. The molecule has 2 aromatic heterocycles. The Morgan fingerprint density at radius 3 is 2.55 bits per heavy atom. The minimum atomic E-state index is -0.311. The molecule has 1 amide bonds. The highest BCUT2D eigenvalue weighted by molar-refractivity contribution is 8.00. The first-order valence-electron chi connectivity index (χ1n) is 11.6. The molecule has 4 rings (SSSR count). The zero-order chi connectivity index (χ0) is 23.5. The lowest BCUT2D eigenvalue weighted by Gasteiger charge is -2.37. The molecule has 1 aliphatic rings. The quantitative estimate of drug-likeness (QED) is 0.388. The summed E-state index contributed by atoms with van der Waals surface area (Å²) in [5, 5.41) is 0.931. The van der Waals surface area contributed by atoms with Crippen molar-refractivity contribution >= 4 is 44.9 Å². The summed E-state index contributed by atoms with van der Waals surface area (Å²) in [7, 11) is 0. The number of benzene rings is 1. The van der Waals surface area contributed by atoms with Gasteiger partial charge >= 0.3 is 0 Å². The summed E-state index contributed by atoms with van der Waals surface area (Å²) in [5.41, 5.74) is 2.22. The van der Waals surface area contributed by atoms with Crippen molar-refractivity contribution in [3.8, 4) is 0 Å². The summed E-state index contributed by atoms with van der Waals surface area (Å²) in [6.07, 6.45) is 1.97. The molecule has 2 atom stereocenters. The van der Waals surface area contributed by atoms with Crippen LogP contribution >= 0.6 is 23.1 Å². The first kappa shape index (κ1) is 23.8. The van der Waals surface area contributed by atoms with E-state index in [1.807, 2.05) is 30.0 Å². The van der Waals surface area contributed by atoms with Gasteiger partial charge in [0.05, 0.1) is 10.6 Å². The van der Waals surface area contributed by atoms with Crippen molar-refractivity contribution < 1.29 is 4.79 Å². The van der Waals surface area contributed by atoms with Crippen LogP contribution in [-0.2, 0) is 11.2 Å². The zero-order valence-electron chi connectivity index (χ0n) is 19.8. The maximum atomic E-state index is 13.1. The Bertz CT molecular complexity index is 1170. The molecule has 0 saturated carbocycles. The normalized spacial score (nSPS) is 16.2. The largest absolute Gasteiger partial charge is 0.368 e. The molecule has 1 aliphatic heterocycles. The van der Waals surface area contributed by atoms with E-state index in [0.717, 1.165) is 46.6 Å². The van der Waals surface area contributed by atoms with Crippen molar-refractivity contribution in [2.75, 3.05) is 31.1 Å². The lowest BCUT2D eigenvalue weighted by Crippen LogP contribution is -2.50. The molecule has 8 heteroatoms. The fourth-order valence-electron chi connectivity index (χ4n) is 4.25. The van der Waals surface area contributed by atoms with Crippen LogP contribution in [0, 0.1) is 12.8 Å². The second-order valence-electron chi connectivity index (χ2n) is 8.81. The topological polar surface area (TPSA) is 69.3 Å². The molecule has 176 valence electrons. The number of carbonyl (C=O) groups excluding carboxylic acids is 1. The second kappa shape index (κ2) is 10.3. The van der Waals surface area contributed by atoms with E-state index >= 15 is 0 Å². The van der Waals surface area contributed by atoms with E-state index in [2.05, 4.69) is 42.8 Å². The third kappa shape index (κ3) is 5.27. The Hall–Kier alpha value is -2.32. The van der Waals surface area contributed by atoms with Crippen LogP contribution in [0.3, 0.4) is 0 Å². The molecule has 2 unspecified atom stereocenters. The number of para-hydroxylation sites is 1. The molecule has 3 heterocycles. The van der Waals surface area contributed by atoms with Crippen molar-refractivity contribution in [1.29, 1.82) is 0 Å². The van der Waals surface area contributed by atoms with Gasteiger partial charge in [-0.25, -0.2) is 4.98 Å². The maximum absolute atomic E-state index is 13.1. The number of hydrogen-bond acceptors (Lipinski definition) is 6. The second-order valence-corrected chi connectivity index (χ2v) is 11.3. The highest BCUT2D eigenvalue weighted by Crippen LogP contribution is 2.31. The summed E-state index contributed by atoms with van der Waals surface area (Å²) in [6.45, 7) is 11.4. The van der Waals surface area contributed by atoms with Gasteiger partial charge in [0.1, 0.15) is 4.83 Å². The van der Waals surface area contributed by atoms with Crippen molar-refractivity contribution in [3.05, 3.63) is 51.1 Å².